The summed E-state index contributed by atoms with van der Waals surface area (Å²) < 4.78 is 1.66. The number of aryl methyl sites for hydroxylation is 1. The monoisotopic (exact) mass is 433 g/mol. The molecule has 0 spiro atoms. The van der Waals surface area contributed by atoms with Crippen molar-refractivity contribution in [2.45, 2.75) is 33.4 Å². The van der Waals surface area contributed by atoms with E-state index in [4.69, 9.17) is 10.1 Å². The number of aliphatic hydroxyl groups excluding tert-OH is 1. The van der Waals surface area contributed by atoms with Crippen molar-refractivity contribution in [3.8, 4) is 0 Å². The molecule has 3 N–H and O–H groups in total. The number of benzene rings is 1. The third-order valence-electron chi connectivity index (χ3n) is 5.23. The highest BCUT2D eigenvalue weighted by Crippen LogP contribution is 2.31. The highest BCUT2D eigenvalue weighted by Gasteiger charge is 2.24. The zero-order chi connectivity index (χ0) is 22.5. The Labute approximate surface area is 186 Å². The molecule has 166 valence electrons. The molecule has 1 aliphatic rings. The molecule has 3 aromatic rings. The fraction of sp³-hybridized carbons (Fsp3) is 0.304. The van der Waals surface area contributed by atoms with Crippen molar-refractivity contribution in [1.29, 1.82) is 0 Å². The van der Waals surface area contributed by atoms with Crippen molar-refractivity contribution < 1.29 is 9.90 Å². The highest BCUT2D eigenvalue weighted by molar-refractivity contribution is 5.99. The summed E-state index contributed by atoms with van der Waals surface area (Å²) in [7, 11) is 0. The van der Waals surface area contributed by atoms with Crippen LogP contribution in [-0.2, 0) is 24.3 Å². The third-order valence-corrected chi connectivity index (χ3v) is 5.23. The molecule has 9 heteroatoms. The number of rotatable bonds is 8. The molecule has 0 saturated heterocycles. The Hall–Kier alpha value is -3.72. The first-order chi connectivity index (χ1) is 15.6. The lowest BCUT2D eigenvalue weighted by molar-refractivity contribution is -0.111. The van der Waals surface area contributed by atoms with Gasteiger partial charge in [-0.05, 0) is 44.0 Å². The predicted molar refractivity (Wildman–Crippen MR) is 124 cm³/mol. The van der Waals surface area contributed by atoms with Crippen LogP contribution in [0.15, 0.2) is 48.8 Å². The average molecular weight is 434 g/mol. The largest absolute Gasteiger partial charge is 0.394 e. The quantitative estimate of drug-likeness (QED) is 0.469. The van der Waals surface area contributed by atoms with Crippen molar-refractivity contribution >= 4 is 29.0 Å². The van der Waals surface area contributed by atoms with Crippen molar-refractivity contribution in [3.63, 3.8) is 0 Å². The van der Waals surface area contributed by atoms with Gasteiger partial charge < -0.3 is 20.6 Å². The zero-order valence-corrected chi connectivity index (χ0v) is 18.2. The summed E-state index contributed by atoms with van der Waals surface area (Å²) in [6.45, 7) is 5.83. The van der Waals surface area contributed by atoms with E-state index in [0.717, 1.165) is 47.0 Å². The summed E-state index contributed by atoms with van der Waals surface area (Å²) >= 11 is 0. The van der Waals surface area contributed by atoms with E-state index in [2.05, 4.69) is 25.6 Å². The number of allylic oxidation sites excluding steroid dienone is 1. The number of carbonyl (C=O) groups is 1. The van der Waals surface area contributed by atoms with Crippen LogP contribution in [-0.4, -0.2) is 43.9 Å². The van der Waals surface area contributed by atoms with E-state index in [1.807, 2.05) is 44.3 Å². The third kappa shape index (κ3) is 4.94. The Morgan fingerprint density at radius 2 is 2.16 bits per heavy atom. The molecule has 0 atom stereocenters. The molecule has 0 radical (unpaired) electrons. The van der Waals surface area contributed by atoms with Gasteiger partial charge in [-0.15, -0.1) is 0 Å². The van der Waals surface area contributed by atoms with Gasteiger partial charge in [0.15, 0.2) is 0 Å². The second-order valence-corrected chi connectivity index (χ2v) is 7.64. The SMILES string of the molecule is C/C=C/C(=O)Nc1cccc(CN2CCc3c(C)nc(Nc4cnn(CCO)c4)nc32)c1. The van der Waals surface area contributed by atoms with E-state index in [0.29, 0.717) is 19.0 Å². The molecule has 2 aromatic heterocycles. The number of aromatic nitrogens is 4. The molecule has 3 heterocycles. The summed E-state index contributed by atoms with van der Waals surface area (Å²) in [5, 5.41) is 19.4. The topological polar surface area (TPSA) is 108 Å². The van der Waals surface area contributed by atoms with Crippen LogP contribution in [0.25, 0.3) is 0 Å². The van der Waals surface area contributed by atoms with Crippen LogP contribution in [0.3, 0.4) is 0 Å². The smallest absolute Gasteiger partial charge is 0.248 e. The Morgan fingerprint density at radius 1 is 1.28 bits per heavy atom. The van der Waals surface area contributed by atoms with Gasteiger partial charge in [0, 0.05) is 36.2 Å². The van der Waals surface area contributed by atoms with Gasteiger partial charge in [-0.3, -0.25) is 9.48 Å². The van der Waals surface area contributed by atoms with Crippen LogP contribution in [0.5, 0.6) is 0 Å². The number of nitrogens with one attached hydrogen (secondary N) is 2. The first kappa shape index (κ1) is 21.5. The maximum Gasteiger partial charge on any atom is 0.248 e. The Morgan fingerprint density at radius 3 is 2.97 bits per heavy atom. The molecule has 1 aromatic carbocycles. The van der Waals surface area contributed by atoms with Crippen LogP contribution in [0, 0.1) is 6.92 Å². The Balaban J connectivity index is 1.51. The lowest BCUT2D eigenvalue weighted by Gasteiger charge is -2.19. The van der Waals surface area contributed by atoms with Crippen LogP contribution >= 0.6 is 0 Å². The molecular weight excluding hydrogens is 406 g/mol. The van der Waals surface area contributed by atoms with Gasteiger partial charge >= 0.3 is 0 Å². The lowest BCUT2D eigenvalue weighted by atomic mass is 10.2. The molecule has 0 fully saturated rings. The number of anilines is 4. The van der Waals surface area contributed by atoms with E-state index >= 15 is 0 Å². The molecule has 9 nitrogen and oxygen atoms in total. The maximum absolute atomic E-state index is 11.8. The number of hydrogen-bond acceptors (Lipinski definition) is 7. The number of hydrogen-bond donors (Lipinski definition) is 3. The van der Waals surface area contributed by atoms with E-state index in [1.54, 1.807) is 17.0 Å². The molecule has 4 rings (SSSR count). The summed E-state index contributed by atoms with van der Waals surface area (Å²) in [6, 6.07) is 7.86. The zero-order valence-electron chi connectivity index (χ0n) is 18.2. The van der Waals surface area contributed by atoms with Crippen LogP contribution in [0.1, 0.15) is 23.7 Å². The van der Waals surface area contributed by atoms with Gasteiger partial charge in [-0.2, -0.15) is 10.1 Å². The maximum atomic E-state index is 11.8. The minimum Gasteiger partial charge on any atom is -0.394 e. The van der Waals surface area contributed by atoms with Gasteiger partial charge in [-0.25, -0.2) is 4.98 Å². The number of carbonyl (C=O) groups excluding carboxylic acids is 1. The molecular formula is C23H27N7O2. The number of fused-ring (bicyclic) bond motifs is 1. The average Bonchev–Trinajstić information content (AvgIpc) is 3.36. The molecule has 0 unspecified atom stereocenters. The van der Waals surface area contributed by atoms with Crippen LogP contribution in [0.4, 0.5) is 23.1 Å². The fourth-order valence-electron chi connectivity index (χ4n) is 3.78. The molecule has 1 aliphatic heterocycles. The first-order valence-corrected chi connectivity index (χ1v) is 10.6. The minimum atomic E-state index is -0.141. The van der Waals surface area contributed by atoms with E-state index in [1.165, 1.54) is 6.08 Å². The highest BCUT2D eigenvalue weighted by atomic mass is 16.3. The number of nitrogens with zero attached hydrogens (tertiary/aromatic N) is 5. The van der Waals surface area contributed by atoms with Crippen LogP contribution < -0.4 is 15.5 Å². The van der Waals surface area contributed by atoms with Gasteiger partial charge in [-0.1, -0.05) is 18.2 Å². The molecule has 0 bridgehead atoms. The van der Waals surface area contributed by atoms with Gasteiger partial charge in [0.1, 0.15) is 5.82 Å². The summed E-state index contributed by atoms with van der Waals surface area (Å²) in [4.78, 5) is 23.5. The molecule has 32 heavy (non-hydrogen) atoms. The van der Waals surface area contributed by atoms with Gasteiger partial charge in [0.25, 0.3) is 0 Å². The number of aliphatic hydroxyl groups is 1. The summed E-state index contributed by atoms with van der Waals surface area (Å²) in [6.07, 6.45) is 7.62. The Kier molecular flexibility index (Phi) is 6.46. The van der Waals surface area contributed by atoms with Crippen molar-refractivity contribution in [3.05, 3.63) is 65.6 Å². The summed E-state index contributed by atoms with van der Waals surface area (Å²) in [5.41, 5.74) is 4.74. The van der Waals surface area contributed by atoms with Crippen molar-refractivity contribution in [2.75, 3.05) is 28.7 Å². The molecule has 0 saturated carbocycles. The summed E-state index contributed by atoms with van der Waals surface area (Å²) in [5.74, 6) is 1.30. The van der Waals surface area contributed by atoms with E-state index in [9.17, 15) is 4.79 Å². The normalized spacial score (nSPS) is 12.9. The predicted octanol–water partition coefficient (Wildman–Crippen LogP) is 2.79. The number of amides is 1. The Bertz CT molecular complexity index is 1140. The fourth-order valence-corrected chi connectivity index (χ4v) is 3.78. The molecule has 0 aliphatic carbocycles. The van der Waals surface area contributed by atoms with Crippen LogP contribution in [0.2, 0.25) is 0 Å². The first-order valence-electron chi connectivity index (χ1n) is 10.6. The lowest BCUT2D eigenvalue weighted by Crippen LogP contribution is -2.21. The standard InChI is InChI=1S/C23H27N7O2/c1-3-5-21(32)26-18-7-4-6-17(12-18)14-29-9-8-20-16(2)25-23(28-22(20)29)27-19-13-24-30(15-19)10-11-31/h3-7,12-13,15,31H,8-11,14H2,1-2H3,(H,26,32)(H,25,27,28)/b5-3+. The van der Waals surface area contributed by atoms with E-state index in [-0.39, 0.29) is 12.5 Å². The second kappa shape index (κ2) is 9.61. The molecule has 1 amide bonds. The van der Waals surface area contributed by atoms with Crippen molar-refractivity contribution in [2.24, 2.45) is 0 Å². The minimum absolute atomic E-state index is 0.0325. The van der Waals surface area contributed by atoms with Gasteiger partial charge in [0.05, 0.1) is 25.0 Å². The van der Waals surface area contributed by atoms with Crippen molar-refractivity contribution in [1.82, 2.24) is 19.7 Å². The van der Waals surface area contributed by atoms with E-state index < -0.39 is 0 Å². The second-order valence-electron chi connectivity index (χ2n) is 7.64. The van der Waals surface area contributed by atoms with Gasteiger partial charge in [0.2, 0.25) is 11.9 Å².